The van der Waals surface area contributed by atoms with Crippen molar-refractivity contribution < 1.29 is 43.0 Å². The fourth-order valence-corrected chi connectivity index (χ4v) is 1.82. The van der Waals surface area contributed by atoms with E-state index in [9.17, 15) is 5.11 Å². The van der Waals surface area contributed by atoms with Gasteiger partial charge in [0, 0.05) is 20.1 Å². The van der Waals surface area contributed by atoms with Crippen molar-refractivity contribution in [2.24, 2.45) is 5.92 Å². The Labute approximate surface area is 163 Å². The Bertz CT molecular complexity index is 245. The van der Waals surface area contributed by atoms with Crippen LogP contribution in [0.5, 0.6) is 0 Å². The summed E-state index contributed by atoms with van der Waals surface area (Å²) in [7, 11) is 3.27. The Hall–Kier alpha value is -0.360. The van der Waals surface area contributed by atoms with E-state index in [1.54, 1.807) is 14.2 Å². The predicted molar refractivity (Wildman–Crippen MR) is 99.2 cm³/mol. The SMILES string of the molecule is COCCOCCOCCOCC(CO)COCCOCCOCCOC. The minimum absolute atomic E-state index is 0.0163. The zero-order valence-corrected chi connectivity index (χ0v) is 16.9. The highest BCUT2D eigenvalue weighted by Crippen LogP contribution is 1.98. The summed E-state index contributed by atoms with van der Waals surface area (Å²) in [6, 6.07) is 0. The number of aliphatic hydroxyl groups is 1. The van der Waals surface area contributed by atoms with Crippen LogP contribution < -0.4 is 0 Å². The lowest BCUT2D eigenvalue weighted by atomic mass is 10.2. The van der Waals surface area contributed by atoms with Crippen molar-refractivity contribution in [2.75, 3.05) is 113 Å². The summed E-state index contributed by atoms with van der Waals surface area (Å²) in [5.41, 5.74) is 0. The van der Waals surface area contributed by atoms with E-state index in [0.717, 1.165) is 0 Å². The zero-order chi connectivity index (χ0) is 19.8. The van der Waals surface area contributed by atoms with Crippen molar-refractivity contribution in [2.45, 2.75) is 0 Å². The Morgan fingerprint density at radius 2 is 0.778 bits per heavy atom. The third-order valence-electron chi connectivity index (χ3n) is 3.32. The Morgan fingerprint density at radius 1 is 0.481 bits per heavy atom. The van der Waals surface area contributed by atoms with Gasteiger partial charge in [0.2, 0.25) is 0 Å². The fourth-order valence-electron chi connectivity index (χ4n) is 1.82. The van der Waals surface area contributed by atoms with Gasteiger partial charge in [-0.2, -0.15) is 0 Å². The summed E-state index contributed by atoms with van der Waals surface area (Å²) in [6.45, 7) is 7.25. The summed E-state index contributed by atoms with van der Waals surface area (Å²) in [6.07, 6.45) is 0. The van der Waals surface area contributed by atoms with Crippen LogP contribution in [-0.2, 0) is 37.9 Å². The molecule has 9 nitrogen and oxygen atoms in total. The molecule has 0 saturated heterocycles. The number of ether oxygens (including phenoxy) is 8. The molecule has 9 heteroatoms. The van der Waals surface area contributed by atoms with Crippen molar-refractivity contribution in [1.29, 1.82) is 0 Å². The molecule has 0 amide bonds. The van der Waals surface area contributed by atoms with E-state index >= 15 is 0 Å². The number of hydrogen-bond acceptors (Lipinski definition) is 9. The molecule has 164 valence electrons. The second kappa shape index (κ2) is 23.7. The molecular weight excluding hydrogens is 360 g/mol. The second-order valence-corrected chi connectivity index (χ2v) is 5.63. The molecule has 0 aliphatic carbocycles. The van der Waals surface area contributed by atoms with Crippen LogP contribution in [0.25, 0.3) is 0 Å². The Morgan fingerprint density at radius 3 is 1.07 bits per heavy atom. The molecule has 0 aromatic carbocycles. The van der Waals surface area contributed by atoms with Crippen LogP contribution in [0.4, 0.5) is 0 Å². The van der Waals surface area contributed by atoms with Crippen molar-refractivity contribution in [1.82, 2.24) is 0 Å². The van der Waals surface area contributed by atoms with Gasteiger partial charge in [-0.05, 0) is 0 Å². The molecule has 0 atom stereocenters. The van der Waals surface area contributed by atoms with Crippen molar-refractivity contribution >= 4 is 0 Å². The molecule has 0 unspecified atom stereocenters. The molecule has 0 rings (SSSR count). The molecule has 0 aliphatic rings. The highest BCUT2D eigenvalue weighted by Gasteiger charge is 2.08. The predicted octanol–water partition coefficient (Wildman–Crippen LogP) is -0.0127. The van der Waals surface area contributed by atoms with E-state index in [-0.39, 0.29) is 12.5 Å². The van der Waals surface area contributed by atoms with Gasteiger partial charge in [0.1, 0.15) is 0 Å². The third kappa shape index (κ3) is 21.8. The first kappa shape index (κ1) is 26.6. The average Bonchev–Trinajstić information content (AvgIpc) is 2.69. The van der Waals surface area contributed by atoms with Gasteiger partial charge in [0.05, 0.1) is 99.1 Å². The topological polar surface area (TPSA) is 94.1 Å². The van der Waals surface area contributed by atoms with Crippen LogP contribution in [0.15, 0.2) is 0 Å². The molecule has 0 fully saturated rings. The maximum atomic E-state index is 9.34. The highest BCUT2D eigenvalue weighted by atomic mass is 16.6. The van der Waals surface area contributed by atoms with Gasteiger partial charge in [-0.1, -0.05) is 0 Å². The Kier molecular flexibility index (Phi) is 23.4. The van der Waals surface area contributed by atoms with E-state index in [1.165, 1.54) is 0 Å². The molecule has 0 aromatic rings. The monoisotopic (exact) mass is 398 g/mol. The maximum Gasteiger partial charge on any atom is 0.0701 e. The molecule has 0 heterocycles. The molecule has 0 aliphatic heterocycles. The first-order chi connectivity index (χ1) is 13.3. The van der Waals surface area contributed by atoms with Crippen molar-refractivity contribution in [3.63, 3.8) is 0 Å². The lowest BCUT2D eigenvalue weighted by molar-refractivity contribution is -0.0294. The normalized spacial score (nSPS) is 11.6. The number of hydrogen-bond donors (Lipinski definition) is 1. The third-order valence-corrected chi connectivity index (χ3v) is 3.32. The lowest BCUT2D eigenvalue weighted by Crippen LogP contribution is -2.22. The average molecular weight is 398 g/mol. The molecule has 0 radical (unpaired) electrons. The van der Waals surface area contributed by atoms with Gasteiger partial charge < -0.3 is 43.0 Å². The van der Waals surface area contributed by atoms with E-state index in [2.05, 4.69) is 0 Å². The second-order valence-electron chi connectivity index (χ2n) is 5.63. The molecule has 0 aromatic heterocycles. The van der Waals surface area contributed by atoms with Gasteiger partial charge >= 0.3 is 0 Å². The van der Waals surface area contributed by atoms with Crippen molar-refractivity contribution in [3.8, 4) is 0 Å². The summed E-state index contributed by atoms with van der Waals surface area (Å²) in [4.78, 5) is 0. The van der Waals surface area contributed by atoms with Crippen LogP contribution in [0.2, 0.25) is 0 Å². The summed E-state index contributed by atoms with van der Waals surface area (Å²) < 4.78 is 42.0. The van der Waals surface area contributed by atoms with Crippen LogP contribution in [0.3, 0.4) is 0 Å². The Balaban J connectivity index is 3.28. The van der Waals surface area contributed by atoms with E-state index in [0.29, 0.717) is 92.5 Å². The van der Waals surface area contributed by atoms with Gasteiger partial charge in [-0.25, -0.2) is 0 Å². The minimum Gasteiger partial charge on any atom is -0.396 e. The van der Waals surface area contributed by atoms with Gasteiger partial charge in [-0.3, -0.25) is 0 Å². The van der Waals surface area contributed by atoms with Crippen LogP contribution >= 0.6 is 0 Å². The summed E-state index contributed by atoms with van der Waals surface area (Å²) in [5.74, 6) is -0.0558. The minimum atomic E-state index is -0.0558. The molecule has 0 bridgehead atoms. The van der Waals surface area contributed by atoms with Gasteiger partial charge in [0.25, 0.3) is 0 Å². The molecule has 1 N–H and O–H groups in total. The smallest absolute Gasteiger partial charge is 0.0701 e. The molecule has 0 spiro atoms. The lowest BCUT2D eigenvalue weighted by Gasteiger charge is -2.15. The summed E-state index contributed by atoms with van der Waals surface area (Å²) in [5, 5.41) is 9.34. The zero-order valence-electron chi connectivity index (χ0n) is 16.9. The number of aliphatic hydroxyl groups excluding tert-OH is 1. The standard InChI is InChI=1S/C18H38O9/c1-20-3-5-22-7-9-24-11-13-26-16-18(15-19)17-27-14-12-25-10-8-23-6-4-21-2/h18-19H,3-17H2,1-2H3. The first-order valence-corrected chi connectivity index (χ1v) is 9.40. The quantitative estimate of drug-likeness (QED) is 0.238. The van der Waals surface area contributed by atoms with E-state index in [4.69, 9.17) is 37.9 Å². The van der Waals surface area contributed by atoms with E-state index < -0.39 is 0 Å². The van der Waals surface area contributed by atoms with Gasteiger partial charge in [-0.15, -0.1) is 0 Å². The van der Waals surface area contributed by atoms with Crippen LogP contribution in [-0.4, -0.2) is 118 Å². The fraction of sp³-hybridized carbons (Fsp3) is 1.00. The van der Waals surface area contributed by atoms with Crippen molar-refractivity contribution in [3.05, 3.63) is 0 Å². The van der Waals surface area contributed by atoms with Crippen LogP contribution in [0, 0.1) is 5.92 Å². The van der Waals surface area contributed by atoms with Gasteiger partial charge in [0.15, 0.2) is 0 Å². The molecule has 0 saturated carbocycles. The van der Waals surface area contributed by atoms with Crippen LogP contribution in [0.1, 0.15) is 0 Å². The number of rotatable bonds is 23. The largest absolute Gasteiger partial charge is 0.396 e. The first-order valence-electron chi connectivity index (χ1n) is 9.40. The maximum absolute atomic E-state index is 9.34. The summed E-state index contributed by atoms with van der Waals surface area (Å²) >= 11 is 0. The van der Waals surface area contributed by atoms with E-state index in [1.807, 2.05) is 0 Å². The highest BCUT2D eigenvalue weighted by molar-refractivity contribution is 4.54. The number of methoxy groups -OCH3 is 2. The molecular formula is C18H38O9. The molecule has 27 heavy (non-hydrogen) atoms.